The summed E-state index contributed by atoms with van der Waals surface area (Å²) in [6.45, 7) is 0.676. The molecule has 1 spiro atoms. The Kier molecular flexibility index (Phi) is 4.26. The SMILES string of the molecule is COc1cccc([S+](=O)([O-])N2CCC3(CC(c4cccnc4)=NO3)C2)c1. The fourth-order valence-electron chi connectivity index (χ4n) is 3.35. The number of hydrogen-bond acceptors (Lipinski definition) is 6. The van der Waals surface area contributed by atoms with Gasteiger partial charge in [0.25, 0.3) is 0 Å². The molecule has 0 radical (unpaired) electrons. The fourth-order valence-corrected chi connectivity index (χ4v) is 4.90. The summed E-state index contributed by atoms with van der Waals surface area (Å²) < 4.78 is 32.5. The van der Waals surface area contributed by atoms with Crippen molar-refractivity contribution in [3.63, 3.8) is 0 Å². The Labute approximate surface area is 153 Å². The standard InChI is InChI=1S/C18H19N3O4S/c1-24-15-5-2-6-16(10-15)26(22,23)21-9-7-18(13-21)11-17(20-25-18)14-4-3-8-19-12-14/h2-6,8,10,12H,7,9,11,13H2,1H3. The Morgan fingerprint density at radius 2 is 2.23 bits per heavy atom. The Balaban J connectivity index is 1.51. The maximum absolute atomic E-state index is 13.0. The minimum atomic E-state index is -3.61. The number of pyridine rings is 1. The van der Waals surface area contributed by atoms with Gasteiger partial charge in [0.1, 0.15) is 5.75 Å². The monoisotopic (exact) mass is 373 g/mol. The third-order valence-electron chi connectivity index (χ3n) is 4.79. The van der Waals surface area contributed by atoms with Crippen molar-refractivity contribution in [1.29, 1.82) is 0 Å². The van der Waals surface area contributed by atoms with E-state index in [1.807, 2.05) is 12.1 Å². The number of ether oxygens (including phenoxy) is 1. The number of sulfonamides is 1. The number of hydrogen-bond donors (Lipinski definition) is 0. The molecule has 2 aromatic rings. The molecule has 1 aromatic heterocycles. The zero-order valence-corrected chi connectivity index (χ0v) is 15.1. The van der Waals surface area contributed by atoms with Gasteiger partial charge in [-0.3, -0.25) is 4.98 Å². The van der Waals surface area contributed by atoms with Crippen molar-refractivity contribution in [3.8, 4) is 5.75 Å². The molecule has 8 heteroatoms. The van der Waals surface area contributed by atoms with Gasteiger partial charge >= 0.3 is 0 Å². The lowest BCUT2D eigenvalue weighted by atomic mass is 9.94. The van der Waals surface area contributed by atoms with Gasteiger partial charge in [0.2, 0.25) is 0 Å². The zero-order chi connectivity index (χ0) is 18.2. The van der Waals surface area contributed by atoms with Gasteiger partial charge < -0.3 is 14.1 Å². The van der Waals surface area contributed by atoms with Gasteiger partial charge in [0.05, 0.1) is 19.4 Å². The van der Waals surface area contributed by atoms with Crippen LogP contribution in [0.2, 0.25) is 0 Å². The molecule has 136 valence electrons. The molecule has 0 bridgehead atoms. The van der Waals surface area contributed by atoms with Crippen molar-refractivity contribution in [3.05, 3.63) is 54.4 Å². The van der Waals surface area contributed by atoms with E-state index in [0.29, 0.717) is 25.1 Å². The van der Waals surface area contributed by atoms with Gasteiger partial charge in [0, 0.05) is 43.4 Å². The van der Waals surface area contributed by atoms with Crippen LogP contribution in [0.25, 0.3) is 0 Å². The molecule has 0 aliphatic carbocycles. The van der Waals surface area contributed by atoms with Crippen LogP contribution >= 0.6 is 0 Å². The second-order valence-corrected chi connectivity index (χ2v) is 8.44. The molecule has 2 aliphatic heterocycles. The maximum atomic E-state index is 13.0. The summed E-state index contributed by atoms with van der Waals surface area (Å²) in [7, 11) is -2.09. The number of nitrogens with zero attached hydrogens (tertiary/aromatic N) is 3. The Hall–Kier alpha value is -2.29. The van der Waals surface area contributed by atoms with E-state index in [1.165, 1.54) is 17.5 Å². The van der Waals surface area contributed by atoms with Crippen LogP contribution in [-0.4, -0.2) is 45.4 Å². The molecule has 26 heavy (non-hydrogen) atoms. The first-order valence-electron chi connectivity index (χ1n) is 8.32. The molecule has 0 saturated carbocycles. The minimum Gasteiger partial charge on any atom is -0.593 e. The predicted molar refractivity (Wildman–Crippen MR) is 95.5 cm³/mol. The van der Waals surface area contributed by atoms with Crippen molar-refractivity contribution in [2.24, 2.45) is 5.16 Å². The van der Waals surface area contributed by atoms with Crippen LogP contribution in [0.3, 0.4) is 0 Å². The first-order chi connectivity index (χ1) is 12.5. The van der Waals surface area contributed by atoms with Crippen LogP contribution < -0.4 is 4.74 Å². The predicted octanol–water partition coefficient (Wildman–Crippen LogP) is 2.26. The van der Waals surface area contributed by atoms with Gasteiger partial charge in [-0.05, 0) is 24.3 Å². The molecule has 1 fully saturated rings. The fraction of sp³-hybridized carbons (Fsp3) is 0.333. The number of rotatable bonds is 4. The summed E-state index contributed by atoms with van der Waals surface area (Å²) >= 11 is 0. The van der Waals surface area contributed by atoms with Gasteiger partial charge in [-0.1, -0.05) is 15.4 Å². The number of benzene rings is 1. The molecular formula is C18H19N3O4S. The first kappa shape index (κ1) is 17.1. The summed E-state index contributed by atoms with van der Waals surface area (Å²) in [4.78, 5) is 10.0. The van der Waals surface area contributed by atoms with Gasteiger partial charge in [0.15, 0.2) is 20.9 Å². The Bertz CT molecular complexity index is 889. The Morgan fingerprint density at radius 3 is 3.00 bits per heavy atom. The lowest BCUT2D eigenvalue weighted by Crippen LogP contribution is -2.39. The highest BCUT2D eigenvalue weighted by molar-refractivity contribution is 7.95. The van der Waals surface area contributed by atoms with Crippen LogP contribution in [0.1, 0.15) is 18.4 Å². The molecule has 7 nitrogen and oxygen atoms in total. The van der Waals surface area contributed by atoms with Gasteiger partial charge in [-0.25, -0.2) is 0 Å². The smallest absolute Gasteiger partial charge is 0.179 e. The van der Waals surface area contributed by atoms with Crippen LogP contribution in [0.15, 0.2) is 58.8 Å². The van der Waals surface area contributed by atoms with E-state index >= 15 is 0 Å². The lowest BCUT2D eigenvalue weighted by molar-refractivity contribution is -0.00604. The molecule has 1 saturated heterocycles. The van der Waals surface area contributed by atoms with E-state index in [1.54, 1.807) is 30.6 Å². The van der Waals surface area contributed by atoms with Crippen molar-refractivity contribution in [1.82, 2.24) is 9.29 Å². The molecular weight excluding hydrogens is 354 g/mol. The van der Waals surface area contributed by atoms with E-state index < -0.39 is 16.0 Å². The molecule has 3 heterocycles. The van der Waals surface area contributed by atoms with Crippen LogP contribution in [-0.2, 0) is 19.4 Å². The minimum absolute atomic E-state index is 0.222. The Morgan fingerprint density at radius 1 is 1.35 bits per heavy atom. The van der Waals surface area contributed by atoms with Crippen molar-refractivity contribution in [2.45, 2.75) is 23.3 Å². The van der Waals surface area contributed by atoms with E-state index in [4.69, 9.17) is 9.57 Å². The molecule has 4 rings (SSSR count). The van der Waals surface area contributed by atoms with Crippen LogP contribution in [0, 0.1) is 0 Å². The second kappa shape index (κ2) is 6.46. The lowest BCUT2D eigenvalue weighted by Gasteiger charge is -2.25. The van der Waals surface area contributed by atoms with Crippen LogP contribution in [0.4, 0.5) is 0 Å². The van der Waals surface area contributed by atoms with Crippen molar-refractivity contribution < 1.29 is 18.3 Å². The zero-order valence-electron chi connectivity index (χ0n) is 14.3. The molecule has 2 atom stereocenters. The van der Waals surface area contributed by atoms with E-state index in [2.05, 4.69) is 10.1 Å². The highest BCUT2D eigenvalue weighted by atomic mass is 32.3. The van der Waals surface area contributed by atoms with Gasteiger partial charge in [-0.15, -0.1) is 4.31 Å². The van der Waals surface area contributed by atoms with E-state index in [-0.39, 0.29) is 11.4 Å². The largest absolute Gasteiger partial charge is 0.593 e. The number of aromatic nitrogens is 1. The van der Waals surface area contributed by atoms with E-state index in [9.17, 15) is 8.76 Å². The van der Waals surface area contributed by atoms with Gasteiger partial charge in [-0.2, -0.15) is 0 Å². The molecule has 2 unspecified atom stereocenters. The summed E-state index contributed by atoms with van der Waals surface area (Å²) in [5.41, 5.74) is 1.11. The second-order valence-electron chi connectivity index (χ2n) is 6.50. The van der Waals surface area contributed by atoms with Crippen molar-refractivity contribution in [2.75, 3.05) is 20.2 Å². The molecule has 1 aromatic carbocycles. The maximum Gasteiger partial charge on any atom is 0.179 e. The number of methoxy groups -OCH3 is 1. The summed E-state index contributed by atoms with van der Waals surface area (Å²) in [6, 6.07) is 10.3. The van der Waals surface area contributed by atoms with Crippen molar-refractivity contribution >= 4 is 16.1 Å². The highest BCUT2D eigenvalue weighted by Gasteiger charge is 2.51. The first-order valence-corrected chi connectivity index (χ1v) is 9.76. The molecule has 2 aliphatic rings. The number of oxime groups is 1. The third kappa shape index (κ3) is 3.00. The topological polar surface area (TPSA) is 87.1 Å². The summed E-state index contributed by atoms with van der Waals surface area (Å²) in [6.07, 6.45) is 4.61. The molecule has 0 N–H and O–H groups in total. The average molecular weight is 373 g/mol. The normalized spacial score (nSPS) is 24.9. The third-order valence-corrected chi connectivity index (χ3v) is 6.64. The summed E-state index contributed by atoms with van der Waals surface area (Å²) in [5, 5.41) is 4.19. The summed E-state index contributed by atoms with van der Waals surface area (Å²) in [5.74, 6) is 0.513. The molecule has 0 amide bonds. The quantitative estimate of drug-likeness (QED) is 0.767. The highest BCUT2D eigenvalue weighted by Crippen LogP contribution is 2.39. The van der Waals surface area contributed by atoms with E-state index in [0.717, 1.165) is 11.3 Å². The van der Waals surface area contributed by atoms with Crippen LogP contribution in [0.5, 0.6) is 5.75 Å². The average Bonchev–Trinajstić information content (AvgIpc) is 3.30.